The van der Waals surface area contributed by atoms with Crippen LogP contribution in [0.1, 0.15) is 16.9 Å². The third-order valence-corrected chi connectivity index (χ3v) is 3.79. The number of aliphatic imine (C=N–C) groups is 1. The Labute approximate surface area is 131 Å². The van der Waals surface area contributed by atoms with E-state index in [0.717, 1.165) is 30.6 Å². The van der Waals surface area contributed by atoms with Crippen LogP contribution in [0.4, 0.5) is 5.13 Å². The van der Waals surface area contributed by atoms with Crippen LogP contribution in [0, 0.1) is 0 Å². The number of carbonyl (C=O) groups is 1. The molecule has 0 spiro atoms. The number of thiazole rings is 1. The largest absolute Gasteiger partial charge is 0.464 e. The molecule has 2 aromatic rings. The van der Waals surface area contributed by atoms with Crippen molar-refractivity contribution in [2.45, 2.75) is 6.42 Å². The highest BCUT2D eigenvalue weighted by molar-refractivity contribution is 7.14. The summed E-state index contributed by atoms with van der Waals surface area (Å²) < 4.78 is 4.68. The first-order valence-corrected chi connectivity index (χ1v) is 7.71. The average molecular weight is 317 g/mol. The van der Waals surface area contributed by atoms with Crippen molar-refractivity contribution in [2.75, 3.05) is 25.5 Å². The summed E-state index contributed by atoms with van der Waals surface area (Å²) in [4.78, 5) is 24.6. The summed E-state index contributed by atoms with van der Waals surface area (Å²) in [5, 5.41) is 8.94. The van der Waals surface area contributed by atoms with Crippen LogP contribution < -0.4 is 10.6 Å². The van der Waals surface area contributed by atoms with E-state index >= 15 is 0 Å². The van der Waals surface area contributed by atoms with Crippen LogP contribution in [-0.2, 0) is 4.74 Å². The smallest absolute Gasteiger partial charge is 0.356 e. The molecule has 1 aliphatic heterocycles. The number of aromatic nitrogens is 2. The van der Waals surface area contributed by atoms with Gasteiger partial charge < -0.3 is 15.4 Å². The average Bonchev–Trinajstić information content (AvgIpc) is 3.04. The fourth-order valence-electron chi connectivity index (χ4n) is 1.96. The molecule has 22 heavy (non-hydrogen) atoms. The lowest BCUT2D eigenvalue weighted by Gasteiger charge is -2.14. The molecule has 0 amide bonds. The first-order chi connectivity index (χ1) is 10.8. The van der Waals surface area contributed by atoms with Gasteiger partial charge in [-0.15, -0.1) is 11.3 Å². The molecule has 0 fully saturated rings. The highest BCUT2D eigenvalue weighted by atomic mass is 32.1. The summed E-state index contributed by atoms with van der Waals surface area (Å²) in [6.45, 7) is 1.73. The molecule has 0 aromatic carbocycles. The second-order valence-corrected chi connectivity index (χ2v) is 5.43. The lowest BCUT2D eigenvalue weighted by molar-refractivity contribution is 0.0594. The minimum atomic E-state index is -0.462. The number of hydrogen-bond acceptors (Lipinski definition) is 8. The fraction of sp³-hybridized carbons (Fsp3) is 0.286. The van der Waals surface area contributed by atoms with Crippen molar-refractivity contribution in [3.63, 3.8) is 0 Å². The van der Waals surface area contributed by atoms with Gasteiger partial charge in [0.1, 0.15) is 11.4 Å². The number of esters is 1. The minimum Gasteiger partial charge on any atom is -0.464 e. The van der Waals surface area contributed by atoms with Gasteiger partial charge in [0, 0.05) is 18.5 Å². The normalized spacial score (nSPS) is 14.0. The highest BCUT2D eigenvalue weighted by Gasteiger charge is 2.12. The van der Waals surface area contributed by atoms with Gasteiger partial charge in [-0.2, -0.15) is 0 Å². The standard InChI is InChI=1S/C14H15N5O2S/c1-21-12(20)10-5-2-4-9(17-10)11-8-22-14(18-11)19-13-15-6-3-7-16-13/h2,4-5,8H,3,6-7H2,1H3,(H2,15,16,18,19). The van der Waals surface area contributed by atoms with Gasteiger partial charge in [0.2, 0.25) is 0 Å². The molecule has 3 rings (SSSR count). The number of nitrogens with zero attached hydrogens (tertiary/aromatic N) is 3. The topological polar surface area (TPSA) is 88.5 Å². The van der Waals surface area contributed by atoms with E-state index in [1.807, 2.05) is 11.4 Å². The van der Waals surface area contributed by atoms with Crippen molar-refractivity contribution in [3.8, 4) is 11.4 Å². The highest BCUT2D eigenvalue weighted by Crippen LogP contribution is 2.23. The van der Waals surface area contributed by atoms with E-state index in [9.17, 15) is 4.79 Å². The zero-order valence-electron chi connectivity index (χ0n) is 12.0. The molecule has 7 nitrogen and oxygen atoms in total. The summed E-state index contributed by atoms with van der Waals surface area (Å²) >= 11 is 1.46. The van der Waals surface area contributed by atoms with Gasteiger partial charge in [-0.25, -0.2) is 14.8 Å². The van der Waals surface area contributed by atoms with Gasteiger partial charge in [0.05, 0.1) is 12.8 Å². The second-order valence-electron chi connectivity index (χ2n) is 4.57. The van der Waals surface area contributed by atoms with Crippen LogP contribution in [0.5, 0.6) is 0 Å². The van der Waals surface area contributed by atoms with E-state index in [1.165, 1.54) is 18.4 Å². The third kappa shape index (κ3) is 3.22. The van der Waals surface area contributed by atoms with Crippen molar-refractivity contribution >= 4 is 28.4 Å². The van der Waals surface area contributed by atoms with Gasteiger partial charge in [0.25, 0.3) is 0 Å². The number of carbonyl (C=O) groups excluding carboxylic acids is 1. The maximum Gasteiger partial charge on any atom is 0.356 e. The van der Waals surface area contributed by atoms with Crippen LogP contribution in [0.3, 0.4) is 0 Å². The van der Waals surface area contributed by atoms with Crippen LogP contribution in [-0.4, -0.2) is 42.1 Å². The van der Waals surface area contributed by atoms with Crippen molar-refractivity contribution in [2.24, 2.45) is 4.99 Å². The van der Waals surface area contributed by atoms with Crippen LogP contribution in [0.2, 0.25) is 0 Å². The Morgan fingerprint density at radius 3 is 3.05 bits per heavy atom. The fourth-order valence-corrected chi connectivity index (χ4v) is 2.67. The number of nitrogens with one attached hydrogen (secondary N) is 2. The zero-order valence-corrected chi connectivity index (χ0v) is 12.8. The molecular formula is C14H15N5O2S. The molecule has 3 heterocycles. The molecule has 0 unspecified atom stereocenters. The lowest BCUT2D eigenvalue weighted by atomic mass is 10.2. The molecular weight excluding hydrogens is 302 g/mol. The predicted molar refractivity (Wildman–Crippen MR) is 85.2 cm³/mol. The molecule has 0 radical (unpaired) electrons. The number of guanidine groups is 1. The first kappa shape index (κ1) is 14.5. The summed E-state index contributed by atoms with van der Waals surface area (Å²) in [6.07, 6.45) is 1.04. The summed E-state index contributed by atoms with van der Waals surface area (Å²) in [5.74, 6) is 0.277. The van der Waals surface area contributed by atoms with E-state index in [0.29, 0.717) is 11.4 Å². The number of pyridine rings is 1. The predicted octanol–water partition coefficient (Wildman–Crippen LogP) is 1.75. The Kier molecular flexibility index (Phi) is 4.29. The second kappa shape index (κ2) is 6.52. The maximum atomic E-state index is 11.5. The third-order valence-electron chi connectivity index (χ3n) is 3.03. The lowest BCUT2D eigenvalue weighted by Crippen LogP contribution is -2.35. The molecule has 0 aliphatic carbocycles. The molecule has 1 aliphatic rings. The first-order valence-electron chi connectivity index (χ1n) is 6.83. The van der Waals surface area contributed by atoms with E-state index in [-0.39, 0.29) is 5.69 Å². The Morgan fingerprint density at radius 2 is 2.27 bits per heavy atom. The molecule has 114 valence electrons. The summed E-state index contributed by atoms with van der Waals surface area (Å²) in [7, 11) is 1.33. The Hall–Kier alpha value is -2.48. The van der Waals surface area contributed by atoms with Crippen molar-refractivity contribution < 1.29 is 9.53 Å². The van der Waals surface area contributed by atoms with E-state index in [2.05, 4.69) is 30.3 Å². The number of anilines is 1. The molecule has 0 bridgehead atoms. The van der Waals surface area contributed by atoms with Gasteiger partial charge in [0.15, 0.2) is 11.1 Å². The molecule has 0 saturated carbocycles. The van der Waals surface area contributed by atoms with Gasteiger partial charge in [-0.05, 0) is 18.6 Å². The monoisotopic (exact) mass is 317 g/mol. The molecule has 0 atom stereocenters. The quantitative estimate of drug-likeness (QED) is 0.839. The van der Waals surface area contributed by atoms with Gasteiger partial charge in [-0.3, -0.25) is 4.99 Å². The number of ether oxygens (including phenoxy) is 1. The maximum absolute atomic E-state index is 11.5. The summed E-state index contributed by atoms with van der Waals surface area (Å²) in [6, 6.07) is 5.18. The Balaban J connectivity index is 1.78. The Bertz CT molecular complexity index is 713. The van der Waals surface area contributed by atoms with Crippen molar-refractivity contribution in [1.29, 1.82) is 0 Å². The molecule has 2 aromatic heterocycles. The minimum absolute atomic E-state index is 0.265. The van der Waals surface area contributed by atoms with Gasteiger partial charge in [-0.1, -0.05) is 6.07 Å². The van der Waals surface area contributed by atoms with Crippen molar-refractivity contribution in [3.05, 3.63) is 29.3 Å². The number of methoxy groups -OCH3 is 1. The molecule has 0 saturated heterocycles. The van der Waals surface area contributed by atoms with Crippen LogP contribution in [0.15, 0.2) is 28.6 Å². The van der Waals surface area contributed by atoms with Crippen LogP contribution in [0.25, 0.3) is 11.4 Å². The molecule has 2 N–H and O–H groups in total. The zero-order chi connectivity index (χ0) is 15.4. The van der Waals surface area contributed by atoms with E-state index in [4.69, 9.17) is 0 Å². The SMILES string of the molecule is COC(=O)c1cccc(-c2csc(NC3=NCCCN3)n2)n1. The number of rotatable bonds is 3. The van der Waals surface area contributed by atoms with Crippen LogP contribution >= 0.6 is 11.3 Å². The number of hydrogen-bond donors (Lipinski definition) is 2. The summed E-state index contributed by atoms with van der Waals surface area (Å²) in [5.41, 5.74) is 1.60. The van der Waals surface area contributed by atoms with E-state index in [1.54, 1.807) is 12.1 Å². The van der Waals surface area contributed by atoms with Gasteiger partial charge >= 0.3 is 5.97 Å². The van der Waals surface area contributed by atoms with Crippen molar-refractivity contribution in [1.82, 2.24) is 15.3 Å². The van der Waals surface area contributed by atoms with E-state index < -0.39 is 5.97 Å². The molecule has 8 heteroatoms. The Morgan fingerprint density at radius 1 is 1.36 bits per heavy atom.